The Morgan fingerprint density at radius 1 is 1.22 bits per heavy atom. The summed E-state index contributed by atoms with van der Waals surface area (Å²) in [6.07, 6.45) is 4.31. The van der Waals surface area contributed by atoms with Gasteiger partial charge in [-0.05, 0) is 19.1 Å². The maximum Gasteiger partial charge on any atom is 0.236 e. The number of hydrogen-bond acceptors (Lipinski definition) is 1. The fourth-order valence-corrected chi connectivity index (χ4v) is 2.87. The topological polar surface area (TPSA) is 7.12 Å². The van der Waals surface area contributed by atoms with Crippen LogP contribution >= 0.6 is 0 Å². The van der Waals surface area contributed by atoms with Crippen molar-refractivity contribution in [3.63, 3.8) is 0 Å². The maximum absolute atomic E-state index is 2.44. The molecule has 1 aromatic carbocycles. The number of benzene rings is 1. The van der Waals surface area contributed by atoms with Crippen molar-refractivity contribution in [3.8, 4) is 0 Å². The average Bonchev–Trinajstić information content (AvgIpc) is 2.37. The molecule has 2 heterocycles. The molecule has 0 spiro atoms. The molecule has 2 nitrogen and oxygen atoms in total. The van der Waals surface area contributed by atoms with Crippen molar-refractivity contribution >= 4 is 22.7 Å². The van der Waals surface area contributed by atoms with Gasteiger partial charge < -0.3 is 4.90 Å². The molecule has 0 fully saturated rings. The first-order valence-corrected chi connectivity index (χ1v) is 6.52. The standard InChI is InChI=1S/C16H19N2/c1-4-5-13-8-9-14-7-6-12(2)18-11-10-17(3)15(13)16(14)18/h4-9H,10-11H2,1-3H3/q+1/b5-4-. The van der Waals surface area contributed by atoms with Gasteiger partial charge in [-0.1, -0.05) is 18.2 Å². The lowest BCUT2D eigenvalue weighted by Gasteiger charge is -2.25. The monoisotopic (exact) mass is 239 g/mol. The molecular formula is C16H19N2+. The van der Waals surface area contributed by atoms with Gasteiger partial charge in [0.25, 0.3) is 0 Å². The van der Waals surface area contributed by atoms with Crippen LogP contribution in [0.2, 0.25) is 0 Å². The van der Waals surface area contributed by atoms with E-state index in [1.807, 2.05) is 0 Å². The number of pyridine rings is 1. The van der Waals surface area contributed by atoms with E-state index in [-0.39, 0.29) is 0 Å². The number of rotatable bonds is 1. The van der Waals surface area contributed by atoms with Crippen LogP contribution in [0.5, 0.6) is 0 Å². The molecule has 0 bridgehead atoms. The molecular weight excluding hydrogens is 220 g/mol. The van der Waals surface area contributed by atoms with Gasteiger partial charge >= 0.3 is 0 Å². The molecule has 0 aliphatic carbocycles. The van der Waals surface area contributed by atoms with E-state index in [1.165, 1.54) is 27.8 Å². The van der Waals surface area contributed by atoms with Crippen molar-refractivity contribution in [1.29, 1.82) is 0 Å². The Labute approximate surface area is 108 Å². The number of anilines is 1. The lowest BCUT2D eigenvalue weighted by molar-refractivity contribution is -0.676. The highest BCUT2D eigenvalue weighted by molar-refractivity contribution is 5.93. The van der Waals surface area contributed by atoms with Gasteiger partial charge in [0.15, 0.2) is 12.2 Å². The summed E-state index contributed by atoms with van der Waals surface area (Å²) in [5, 5.41) is 1.33. The Balaban J connectivity index is 2.45. The quantitative estimate of drug-likeness (QED) is 0.694. The van der Waals surface area contributed by atoms with Crippen LogP contribution in [0.1, 0.15) is 18.2 Å². The number of likely N-dealkylation sites (N-methyl/N-ethyl adjacent to an activating group) is 1. The zero-order valence-electron chi connectivity index (χ0n) is 11.3. The molecule has 92 valence electrons. The highest BCUT2D eigenvalue weighted by Gasteiger charge is 2.26. The van der Waals surface area contributed by atoms with Crippen LogP contribution in [0.25, 0.3) is 17.0 Å². The van der Waals surface area contributed by atoms with E-state index >= 15 is 0 Å². The first-order chi connectivity index (χ1) is 8.72. The molecule has 1 aromatic heterocycles. The normalized spacial score (nSPS) is 14.7. The lowest BCUT2D eigenvalue weighted by atomic mass is 10.0. The molecule has 18 heavy (non-hydrogen) atoms. The van der Waals surface area contributed by atoms with E-state index in [9.17, 15) is 0 Å². The largest absolute Gasteiger partial charge is 0.362 e. The van der Waals surface area contributed by atoms with Crippen molar-refractivity contribution in [3.05, 3.63) is 41.6 Å². The zero-order chi connectivity index (χ0) is 12.7. The average molecular weight is 239 g/mol. The zero-order valence-corrected chi connectivity index (χ0v) is 11.3. The fraction of sp³-hybridized carbons (Fsp3) is 0.312. The van der Waals surface area contributed by atoms with Crippen molar-refractivity contribution < 1.29 is 4.57 Å². The summed E-state index contributed by atoms with van der Waals surface area (Å²) >= 11 is 0. The summed E-state index contributed by atoms with van der Waals surface area (Å²) in [5.74, 6) is 0. The van der Waals surface area contributed by atoms with E-state index in [0.717, 1.165) is 13.1 Å². The van der Waals surface area contributed by atoms with Crippen LogP contribution in [0.15, 0.2) is 30.3 Å². The maximum atomic E-state index is 2.44. The van der Waals surface area contributed by atoms with E-state index in [4.69, 9.17) is 0 Å². The third-order valence-corrected chi connectivity index (χ3v) is 3.80. The summed E-state index contributed by atoms with van der Waals surface area (Å²) in [6, 6.07) is 8.89. The molecule has 2 heteroatoms. The van der Waals surface area contributed by atoms with Crippen molar-refractivity contribution in [1.82, 2.24) is 0 Å². The highest BCUT2D eigenvalue weighted by Crippen LogP contribution is 2.31. The molecule has 0 amide bonds. The third kappa shape index (κ3) is 1.52. The second kappa shape index (κ2) is 4.13. The third-order valence-electron chi connectivity index (χ3n) is 3.80. The smallest absolute Gasteiger partial charge is 0.236 e. The van der Waals surface area contributed by atoms with Gasteiger partial charge in [0.1, 0.15) is 5.69 Å². The Morgan fingerprint density at radius 3 is 2.78 bits per heavy atom. The number of allylic oxidation sites excluding steroid dienone is 1. The highest BCUT2D eigenvalue weighted by atomic mass is 15.2. The van der Waals surface area contributed by atoms with Crippen molar-refractivity contribution in [2.45, 2.75) is 20.4 Å². The number of aryl methyl sites for hydroxylation is 1. The van der Waals surface area contributed by atoms with Crippen LogP contribution in [0.4, 0.5) is 5.69 Å². The molecule has 0 atom stereocenters. The molecule has 0 radical (unpaired) electrons. The Bertz CT molecular complexity index is 641. The molecule has 0 saturated heterocycles. The van der Waals surface area contributed by atoms with Gasteiger partial charge in [0.2, 0.25) is 5.52 Å². The molecule has 0 saturated carbocycles. The Hall–Kier alpha value is -1.83. The van der Waals surface area contributed by atoms with Crippen molar-refractivity contribution in [2.24, 2.45) is 0 Å². The predicted octanol–water partition coefficient (Wildman–Crippen LogP) is 2.92. The minimum absolute atomic E-state index is 1.08. The molecule has 1 aliphatic rings. The van der Waals surface area contributed by atoms with Gasteiger partial charge in [0.05, 0.1) is 6.54 Å². The van der Waals surface area contributed by atoms with Gasteiger partial charge in [-0.25, -0.2) is 0 Å². The molecule has 1 aliphatic heterocycles. The Morgan fingerprint density at radius 2 is 2.00 bits per heavy atom. The molecule has 0 unspecified atom stereocenters. The van der Waals surface area contributed by atoms with Crippen molar-refractivity contribution in [2.75, 3.05) is 18.5 Å². The van der Waals surface area contributed by atoms with E-state index in [0.29, 0.717) is 0 Å². The van der Waals surface area contributed by atoms with Crippen LogP contribution in [-0.4, -0.2) is 13.6 Å². The van der Waals surface area contributed by atoms with Crippen LogP contribution in [0.3, 0.4) is 0 Å². The second-order valence-corrected chi connectivity index (χ2v) is 4.99. The summed E-state index contributed by atoms with van der Waals surface area (Å²) < 4.78 is 2.44. The van der Waals surface area contributed by atoms with Gasteiger partial charge in [-0.3, -0.25) is 0 Å². The molecule has 3 rings (SSSR count). The SMILES string of the molecule is C/C=C\c1ccc2ccc(C)[n+]3c2c1N(C)CC3. The minimum Gasteiger partial charge on any atom is -0.362 e. The number of hydrogen-bond donors (Lipinski definition) is 0. The number of aromatic nitrogens is 1. The summed E-state index contributed by atoms with van der Waals surface area (Å²) in [6.45, 7) is 6.42. The molecule has 2 aromatic rings. The van der Waals surface area contributed by atoms with E-state index in [1.54, 1.807) is 0 Å². The summed E-state index contributed by atoms with van der Waals surface area (Å²) in [4.78, 5) is 2.37. The first-order valence-electron chi connectivity index (χ1n) is 6.52. The first kappa shape index (κ1) is 11.3. The van der Waals surface area contributed by atoms with Crippen LogP contribution in [-0.2, 0) is 6.54 Å². The molecule has 0 N–H and O–H groups in total. The summed E-state index contributed by atoms with van der Waals surface area (Å²) in [5.41, 5.74) is 5.39. The van der Waals surface area contributed by atoms with Gasteiger partial charge in [0, 0.05) is 31.0 Å². The summed E-state index contributed by atoms with van der Waals surface area (Å²) in [7, 11) is 2.19. The second-order valence-electron chi connectivity index (χ2n) is 4.99. The van der Waals surface area contributed by atoms with E-state index < -0.39 is 0 Å². The van der Waals surface area contributed by atoms with Crippen LogP contribution < -0.4 is 9.47 Å². The van der Waals surface area contributed by atoms with Gasteiger partial charge in [-0.2, -0.15) is 4.57 Å². The lowest BCUT2D eigenvalue weighted by Crippen LogP contribution is -2.47. The fourth-order valence-electron chi connectivity index (χ4n) is 2.87. The van der Waals surface area contributed by atoms with E-state index in [2.05, 4.69) is 66.8 Å². The van der Waals surface area contributed by atoms with Gasteiger partial charge in [-0.15, -0.1) is 0 Å². The number of nitrogens with zero attached hydrogens (tertiary/aromatic N) is 2. The van der Waals surface area contributed by atoms with Crippen LogP contribution in [0, 0.1) is 6.92 Å². The predicted molar refractivity (Wildman–Crippen MR) is 76.9 cm³/mol. The Kier molecular flexibility index (Phi) is 2.58. The minimum atomic E-state index is 1.08.